The van der Waals surface area contributed by atoms with Gasteiger partial charge in [0.05, 0.1) is 6.54 Å². The fourth-order valence-corrected chi connectivity index (χ4v) is 2.00. The van der Waals surface area contributed by atoms with Crippen LogP contribution in [0.25, 0.3) is 0 Å². The molecule has 122 valence electrons. The highest BCUT2D eigenvalue weighted by molar-refractivity contribution is 14.0. The van der Waals surface area contributed by atoms with Gasteiger partial charge in [-0.1, -0.05) is 43.0 Å². The highest BCUT2D eigenvalue weighted by Crippen LogP contribution is 2.19. The maximum atomic E-state index is 5.94. The minimum atomic E-state index is 0. The normalized spacial score (nSPS) is 10.6. The molecule has 5 heteroatoms. The molecule has 0 spiro atoms. The molecule has 2 rings (SSSR count). The molecule has 0 aliphatic heterocycles. The molecule has 0 unspecified atom stereocenters. The maximum absolute atomic E-state index is 5.94. The monoisotopic (exact) mass is 423 g/mol. The van der Waals surface area contributed by atoms with Gasteiger partial charge < -0.3 is 15.8 Å². The molecule has 0 amide bonds. The highest BCUT2D eigenvalue weighted by Gasteiger charge is 2.02. The van der Waals surface area contributed by atoms with Crippen LogP contribution in [-0.2, 0) is 6.54 Å². The number of anilines is 1. The Labute approximate surface area is 154 Å². The summed E-state index contributed by atoms with van der Waals surface area (Å²) in [5.41, 5.74) is 9.02. The van der Waals surface area contributed by atoms with Crippen LogP contribution in [0.15, 0.2) is 66.2 Å². The number of halogens is 1. The first kappa shape index (κ1) is 19.0. The van der Waals surface area contributed by atoms with E-state index < -0.39 is 0 Å². The van der Waals surface area contributed by atoms with Crippen molar-refractivity contribution in [1.82, 2.24) is 0 Å². The SMILES string of the molecule is C=CCOc1ccccc1CN=C(N)Nc1cccc(C)c1.I. The van der Waals surface area contributed by atoms with Crippen LogP contribution in [0.3, 0.4) is 0 Å². The average molecular weight is 423 g/mol. The number of aliphatic imine (C=N–C) groups is 1. The lowest BCUT2D eigenvalue weighted by atomic mass is 10.2. The van der Waals surface area contributed by atoms with E-state index in [4.69, 9.17) is 10.5 Å². The molecule has 2 aromatic rings. The van der Waals surface area contributed by atoms with Crippen LogP contribution in [0.4, 0.5) is 5.69 Å². The quantitative estimate of drug-likeness (QED) is 0.318. The van der Waals surface area contributed by atoms with Gasteiger partial charge in [-0.2, -0.15) is 0 Å². The van der Waals surface area contributed by atoms with E-state index in [1.807, 2.05) is 55.5 Å². The van der Waals surface area contributed by atoms with Gasteiger partial charge in [0.1, 0.15) is 12.4 Å². The Morgan fingerprint density at radius 2 is 2.04 bits per heavy atom. The number of nitrogens with two attached hydrogens (primary N) is 1. The molecule has 23 heavy (non-hydrogen) atoms. The van der Waals surface area contributed by atoms with Gasteiger partial charge in [-0.05, 0) is 30.7 Å². The number of benzene rings is 2. The van der Waals surface area contributed by atoms with Crippen LogP contribution < -0.4 is 15.8 Å². The summed E-state index contributed by atoms with van der Waals surface area (Å²) in [6.07, 6.45) is 1.72. The number of ether oxygens (including phenoxy) is 1. The van der Waals surface area contributed by atoms with Crippen LogP contribution in [0.1, 0.15) is 11.1 Å². The molecule has 0 saturated carbocycles. The maximum Gasteiger partial charge on any atom is 0.193 e. The van der Waals surface area contributed by atoms with E-state index in [2.05, 4.69) is 16.9 Å². The van der Waals surface area contributed by atoms with E-state index in [0.717, 1.165) is 17.0 Å². The Morgan fingerprint density at radius 3 is 2.78 bits per heavy atom. The van der Waals surface area contributed by atoms with Crippen molar-refractivity contribution in [1.29, 1.82) is 0 Å². The fourth-order valence-electron chi connectivity index (χ4n) is 2.00. The van der Waals surface area contributed by atoms with Crippen molar-refractivity contribution in [2.45, 2.75) is 13.5 Å². The van der Waals surface area contributed by atoms with E-state index in [1.165, 1.54) is 5.56 Å². The van der Waals surface area contributed by atoms with Crippen molar-refractivity contribution in [2.24, 2.45) is 10.7 Å². The Balaban J connectivity index is 0.00000264. The first-order chi connectivity index (χ1) is 10.7. The summed E-state index contributed by atoms with van der Waals surface area (Å²) in [5, 5.41) is 3.09. The first-order valence-corrected chi connectivity index (χ1v) is 7.14. The number of nitrogens with one attached hydrogen (secondary N) is 1. The van der Waals surface area contributed by atoms with Gasteiger partial charge in [0.25, 0.3) is 0 Å². The van der Waals surface area contributed by atoms with Crippen LogP contribution in [0, 0.1) is 6.92 Å². The van der Waals surface area contributed by atoms with Crippen molar-refractivity contribution >= 4 is 35.6 Å². The largest absolute Gasteiger partial charge is 0.489 e. The molecule has 0 aliphatic rings. The van der Waals surface area contributed by atoms with Gasteiger partial charge >= 0.3 is 0 Å². The fraction of sp³-hybridized carbons (Fsp3) is 0.167. The van der Waals surface area contributed by atoms with Gasteiger partial charge in [-0.15, -0.1) is 24.0 Å². The summed E-state index contributed by atoms with van der Waals surface area (Å²) in [5.74, 6) is 1.18. The smallest absolute Gasteiger partial charge is 0.193 e. The average Bonchev–Trinajstić information content (AvgIpc) is 2.51. The Hall–Kier alpha value is -2.02. The summed E-state index contributed by atoms with van der Waals surface area (Å²) >= 11 is 0. The molecule has 0 saturated heterocycles. The zero-order valence-electron chi connectivity index (χ0n) is 13.2. The van der Waals surface area contributed by atoms with E-state index in [1.54, 1.807) is 6.08 Å². The second-order valence-electron chi connectivity index (χ2n) is 4.90. The molecular weight excluding hydrogens is 401 g/mol. The molecule has 0 aromatic heterocycles. The molecule has 3 N–H and O–H groups in total. The minimum absolute atomic E-state index is 0. The van der Waals surface area contributed by atoms with E-state index in [0.29, 0.717) is 19.1 Å². The number of nitrogens with zero attached hydrogens (tertiary/aromatic N) is 1. The van der Waals surface area contributed by atoms with Crippen molar-refractivity contribution < 1.29 is 4.74 Å². The second-order valence-corrected chi connectivity index (χ2v) is 4.90. The highest BCUT2D eigenvalue weighted by atomic mass is 127. The predicted molar refractivity (Wildman–Crippen MR) is 108 cm³/mol. The third kappa shape index (κ3) is 6.32. The summed E-state index contributed by atoms with van der Waals surface area (Å²) in [6.45, 7) is 6.61. The third-order valence-corrected chi connectivity index (χ3v) is 3.04. The summed E-state index contributed by atoms with van der Waals surface area (Å²) in [4.78, 5) is 4.37. The Kier molecular flexibility index (Phi) is 8.18. The second kappa shape index (κ2) is 9.89. The van der Waals surface area contributed by atoms with Gasteiger partial charge in [0.15, 0.2) is 5.96 Å². The van der Waals surface area contributed by atoms with Crippen LogP contribution in [0.5, 0.6) is 5.75 Å². The molecule has 2 aromatic carbocycles. The molecule has 0 bridgehead atoms. The number of hydrogen-bond donors (Lipinski definition) is 2. The molecule has 0 atom stereocenters. The zero-order chi connectivity index (χ0) is 15.8. The molecule has 0 radical (unpaired) electrons. The third-order valence-electron chi connectivity index (χ3n) is 3.04. The van der Waals surface area contributed by atoms with Gasteiger partial charge in [0.2, 0.25) is 0 Å². The molecule has 4 nitrogen and oxygen atoms in total. The predicted octanol–water partition coefficient (Wildman–Crippen LogP) is 4.10. The van der Waals surface area contributed by atoms with E-state index in [9.17, 15) is 0 Å². The number of rotatable bonds is 6. The molecule has 0 heterocycles. The van der Waals surface area contributed by atoms with Crippen molar-refractivity contribution in [3.63, 3.8) is 0 Å². The van der Waals surface area contributed by atoms with Gasteiger partial charge in [-0.25, -0.2) is 4.99 Å². The molecule has 0 aliphatic carbocycles. The van der Waals surface area contributed by atoms with E-state index >= 15 is 0 Å². The van der Waals surface area contributed by atoms with E-state index in [-0.39, 0.29) is 24.0 Å². The van der Waals surface area contributed by atoms with Gasteiger partial charge in [0, 0.05) is 11.3 Å². The lowest BCUT2D eigenvalue weighted by Crippen LogP contribution is -2.22. The minimum Gasteiger partial charge on any atom is -0.489 e. The van der Waals surface area contributed by atoms with Gasteiger partial charge in [-0.3, -0.25) is 0 Å². The van der Waals surface area contributed by atoms with Crippen molar-refractivity contribution in [3.05, 3.63) is 72.3 Å². The lowest BCUT2D eigenvalue weighted by Gasteiger charge is -2.09. The summed E-state index contributed by atoms with van der Waals surface area (Å²) in [6, 6.07) is 15.8. The topological polar surface area (TPSA) is 59.6 Å². The zero-order valence-corrected chi connectivity index (χ0v) is 15.5. The van der Waals surface area contributed by atoms with Crippen LogP contribution in [0.2, 0.25) is 0 Å². The molecule has 0 fully saturated rings. The number of hydrogen-bond acceptors (Lipinski definition) is 2. The molecular formula is C18H22IN3O. The number of guanidine groups is 1. The standard InChI is InChI=1S/C18H21N3O.HI/c1-3-11-22-17-10-5-4-8-15(17)13-20-18(19)21-16-9-6-7-14(2)12-16;/h3-10,12H,1,11,13H2,2H3,(H3,19,20,21);1H. The summed E-state index contributed by atoms with van der Waals surface area (Å²) < 4.78 is 5.60. The lowest BCUT2D eigenvalue weighted by molar-refractivity contribution is 0.359. The van der Waals surface area contributed by atoms with Crippen molar-refractivity contribution in [3.8, 4) is 5.75 Å². The van der Waals surface area contributed by atoms with Crippen LogP contribution in [-0.4, -0.2) is 12.6 Å². The Bertz CT molecular complexity index is 671. The Morgan fingerprint density at radius 1 is 1.26 bits per heavy atom. The van der Waals surface area contributed by atoms with Crippen LogP contribution >= 0.6 is 24.0 Å². The number of para-hydroxylation sites is 1. The van der Waals surface area contributed by atoms with Crippen molar-refractivity contribution in [2.75, 3.05) is 11.9 Å². The number of aryl methyl sites for hydroxylation is 1. The first-order valence-electron chi connectivity index (χ1n) is 7.14. The summed E-state index contributed by atoms with van der Waals surface area (Å²) in [7, 11) is 0.